The molecule has 1 N–H and O–H groups in total. The van der Waals surface area contributed by atoms with Crippen LogP contribution in [0, 0.1) is 0 Å². The summed E-state index contributed by atoms with van der Waals surface area (Å²) in [6.07, 6.45) is 0.604. The first kappa shape index (κ1) is 21.6. The van der Waals surface area contributed by atoms with Gasteiger partial charge in [0.05, 0.1) is 51.1 Å². The average Bonchev–Trinajstić information content (AvgIpc) is 2.99. The molecule has 1 aliphatic rings. The van der Waals surface area contributed by atoms with E-state index in [1.165, 1.54) is 0 Å². The van der Waals surface area contributed by atoms with Gasteiger partial charge in [0.15, 0.2) is 0 Å². The molecule has 0 unspecified atom stereocenters. The van der Waals surface area contributed by atoms with Gasteiger partial charge in [0.25, 0.3) is 0 Å². The molecule has 0 aromatic heterocycles. The third kappa shape index (κ3) is 3.96. The normalized spacial score (nSPS) is 17.3. The Labute approximate surface area is 188 Å². The van der Waals surface area contributed by atoms with E-state index in [-0.39, 0.29) is 0 Å². The lowest BCUT2D eigenvalue weighted by atomic mass is 9.84. The van der Waals surface area contributed by atoms with Crippen LogP contribution in [0.5, 0.6) is 23.0 Å². The Morgan fingerprint density at radius 2 is 1.44 bits per heavy atom. The number of aliphatic imine (C=N–C) groups is 1. The number of anilines is 1. The molecule has 0 aliphatic carbocycles. The molecule has 0 saturated carbocycles. The first-order chi connectivity index (χ1) is 15.5. The maximum Gasteiger partial charge on any atom is 0.131 e. The summed E-state index contributed by atoms with van der Waals surface area (Å²) in [5.41, 5.74) is 4.16. The molecule has 0 spiro atoms. The van der Waals surface area contributed by atoms with E-state index in [0.717, 1.165) is 45.5 Å². The van der Waals surface area contributed by atoms with Crippen molar-refractivity contribution in [3.05, 3.63) is 71.8 Å². The van der Waals surface area contributed by atoms with Crippen molar-refractivity contribution in [3.8, 4) is 23.0 Å². The van der Waals surface area contributed by atoms with E-state index in [1.807, 2.05) is 60.7 Å². The van der Waals surface area contributed by atoms with Crippen molar-refractivity contribution < 1.29 is 18.9 Å². The van der Waals surface area contributed by atoms with Gasteiger partial charge in [0.2, 0.25) is 0 Å². The molecule has 6 heteroatoms. The highest BCUT2D eigenvalue weighted by molar-refractivity contribution is 6.06. The highest BCUT2D eigenvalue weighted by atomic mass is 16.5. The zero-order valence-electron chi connectivity index (χ0n) is 19.1. The lowest BCUT2D eigenvalue weighted by Gasteiger charge is -2.33. The summed E-state index contributed by atoms with van der Waals surface area (Å²) >= 11 is 0. The van der Waals surface area contributed by atoms with Gasteiger partial charge in [-0.2, -0.15) is 0 Å². The second-order valence-corrected chi connectivity index (χ2v) is 7.84. The molecule has 1 heterocycles. The van der Waals surface area contributed by atoms with Gasteiger partial charge in [-0.25, -0.2) is 0 Å². The fourth-order valence-electron chi connectivity index (χ4n) is 4.15. The van der Waals surface area contributed by atoms with Gasteiger partial charge < -0.3 is 24.3 Å². The molecule has 3 aromatic rings. The Hall–Kier alpha value is -3.67. The van der Waals surface area contributed by atoms with E-state index >= 15 is 0 Å². The number of nitrogens with zero attached hydrogens (tertiary/aromatic N) is 1. The van der Waals surface area contributed by atoms with Crippen LogP contribution in [0.1, 0.15) is 24.5 Å². The zero-order chi connectivity index (χ0) is 22.7. The number of rotatable bonds is 6. The van der Waals surface area contributed by atoms with Crippen LogP contribution in [0.25, 0.3) is 0 Å². The summed E-state index contributed by atoms with van der Waals surface area (Å²) in [7, 11) is 6.63. The molecule has 0 bridgehead atoms. The fourth-order valence-corrected chi connectivity index (χ4v) is 4.15. The summed E-state index contributed by atoms with van der Waals surface area (Å²) in [6, 6.07) is 19.8. The minimum absolute atomic E-state index is 0.506. The van der Waals surface area contributed by atoms with Crippen molar-refractivity contribution >= 4 is 17.1 Å². The highest BCUT2D eigenvalue weighted by Crippen LogP contribution is 2.43. The van der Waals surface area contributed by atoms with E-state index in [2.05, 4.69) is 12.2 Å². The summed E-state index contributed by atoms with van der Waals surface area (Å²) in [6.45, 7) is 2.16. The van der Waals surface area contributed by atoms with E-state index in [4.69, 9.17) is 23.9 Å². The van der Waals surface area contributed by atoms with E-state index < -0.39 is 5.54 Å². The predicted octanol–water partition coefficient (Wildman–Crippen LogP) is 5.57. The highest BCUT2D eigenvalue weighted by Gasteiger charge is 2.35. The number of methoxy groups -OCH3 is 4. The molecule has 0 saturated heterocycles. The van der Waals surface area contributed by atoms with E-state index in [0.29, 0.717) is 12.2 Å². The predicted molar refractivity (Wildman–Crippen MR) is 127 cm³/mol. The number of fused-ring (bicyclic) bond motifs is 1. The van der Waals surface area contributed by atoms with Crippen molar-refractivity contribution in [1.29, 1.82) is 0 Å². The molecular formula is C26H28N2O4. The molecule has 4 rings (SSSR count). The maximum absolute atomic E-state index is 5.75. The summed E-state index contributed by atoms with van der Waals surface area (Å²) in [5.74, 6) is 2.94. The summed E-state index contributed by atoms with van der Waals surface area (Å²) in [4.78, 5) is 5.05. The SMILES string of the molecule is COc1ccc(C2=Nc3ccccc3N[C@@](C)(c3ccc(OC)cc3OC)C2)c(OC)c1. The Kier molecular flexibility index (Phi) is 5.95. The van der Waals surface area contributed by atoms with Gasteiger partial charge in [0.1, 0.15) is 23.0 Å². The maximum atomic E-state index is 5.75. The monoisotopic (exact) mass is 432 g/mol. The van der Waals surface area contributed by atoms with Crippen LogP contribution in [-0.4, -0.2) is 34.2 Å². The van der Waals surface area contributed by atoms with Crippen molar-refractivity contribution in [1.82, 2.24) is 0 Å². The van der Waals surface area contributed by atoms with Crippen LogP contribution < -0.4 is 24.3 Å². The molecular weight excluding hydrogens is 404 g/mol. The first-order valence-corrected chi connectivity index (χ1v) is 10.4. The van der Waals surface area contributed by atoms with Crippen LogP contribution in [0.15, 0.2) is 65.7 Å². The van der Waals surface area contributed by atoms with Gasteiger partial charge in [-0.05, 0) is 43.3 Å². The standard InChI is InChI=1S/C26H28N2O4/c1-26(20-13-11-18(30-3)15-25(20)32-5)16-23(27-21-8-6-7-9-22(21)28-26)19-12-10-17(29-2)14-24(19)31-4/h6-15,28H,16H2,1-5H3/t26-/m1/s1. The summed E-state index contributed by atoms with van der Waals surface area (Å²) in [5, 5.41) is 3.72. The number of hydrogen-bond donors (Lipinski definition) is 1. The third-order valence-electron chi connectivity index (χ3n) is 5.81. The Morgan fingerprint density at radius 3 is 2.12 bits per heavy atom. The van der Waals surface area contributed by atoms with Gasteiger partial charge in [-0.1, -0.05) is 12.1 Å². The Balaban J connectivity index is 1.89. The van der Waals surface area contributed by atoms with Gasteiger partial charge in [-0.3, -0.25) is 4.99 Å². The number of hydrogen-bond acceptors (Lipinski definition) is 6. The number of benzene rings is 3. The van der Waals surface area contributed by atoms with Gasteiger partial charge >= 0.3 is 0 Å². The zero-order valence-corrected chi connectivity index (χ0v) is 19.1. The molecule has 1 aliphatic heterocycles. The minimum Gasteiger partial charge on any atom is -0.497 e. The number of para-hydroxylation sites is 2. The minimum atomic E-state index is -0.506. The van der Waals surface area contributed by atoms with E-state index in [1.54, 1.807) is 28.4 Å². The molecule has 1 atom stereocenters. The lowest BCUT2D eigenvalue weighted by Crippen LogP contribution is -2.34. The molecule has 32 heavy (non-hydrogen) atoms. The van der Waals surface area contributed by atoms with Crippen LogP contribution in [0.2, 0.25) is 0 Å². The van der Waals surface area contributed by atoms with E-state index in [9.17, 15) is 0 Å². The van der Waals surface area contributed by atoms with Crippen molar-refractivity contribution in [3.63, 3.8) is 0 Å². The van der Waals surface area contributed by atoms with Crippen molar-refractivity contribution in [2.24, 2.45) is 4.99 Å². The van der Waals surface area contributed by atoms with Crippen LogP contribution in [0.4, 0.5) is 11.4 Å². The lowest BCUT2D eigenvalue weighted by molar-refractivity contribution is 0.382. The first-order valence-electron chi connectivity index (χ1n) is 10.4. The molecule has 6 nitrogen and oxygen atoms in total. The third-order valence-corrected chi connectivity index (χ3v) is 5.81. The van der Waals surface area contributed by atoms with Crippen molar-refractivity contribution in [2.45, 2.75) is 18.9 Å². The Bertz CT molecular complexity index is 1160. The van der Waals surface area contributed by atoms with Crippen LogP contribution in [0.3, 0.4) is 0 Å². The molecule has 0 fully saturated rings. The summed E-state index contributed by atoms with van der Waals surface area (Å²) < 4.78 is 22.2. The molecule has 0 radical (unpaired) electrons. The second kappa shape index (κ2) is 8.83. The largest absolute Gasteiger partial charge is 0.497 e. The number of nitrogens with one attached hydrogen (secondary N) is 1. The van der Waals surface area contributed by atoms with Crippen LogP contribution in [-0.2, 0) is 5.54 Å². The van der Waals surface area contributed by atoms with Gasteiger partial charge in [-0.15, -0.1) is 0 Å². The van der Waals surface area contributed by atoms with Crippen LogP contribution >= 0.6 is 0 Å². The molecule has 0 amide bonds. The van der Waals surface area contributed by atoms with Gasteiger partial charge in [0, 0.05) is 29.7 Å². The average molecular weight is 433 g/mol. The number of ether oxygens (including phenoxy) is 4. The molecule has 3 aromatic carbocycles. The smallest absolute Gasteiger partial charge is 0.131 e. The Morgan fingerprint density at radius 1 is 0.781 bits per heavy atom. The quantitative estimate of drug-likeness (QED) is 0.552. The topological polar surface area (TPSA) is 61.3 Å². The second-order valence-electron chi connectivity index (χ2n) is 7.84. The van der Waals surface area contributed by atoms with Crippen molar-refractivity contribution in [2.75, 3.05) is 33.8 Å². The molecule has 166 valence electrons. The fraction of sp³-hybridized carbons (Fsp3) is 0.269.